The Labute approximate surface area is 179 Å². The number of hydrogen-bond acceptors (Lipinski definition) is 6. The van der Waals surface area contributed by atoms with Crippen molar-refractivity contribution in [1.29, 1.82) is 0 Å². The van der Waals surface area contributed by atoms with Crippen molar-refractivity contribution >= 4 is 23.4 Å². The number of nitrogens with zero attached hydrogens (tertiary/aromatic N) is 4. The van der Waals surface area contributed by atoms with Gasteiger partial charge in [-0.2, -0.15) is 0 Å². The van der Waals surface area contributed by atoms with Crippen molar-refractivity contribution in [3.05, 3.63) is 65.4 Å². The van der Waals surface area contributed by atoms with E-state index in [1.807, 2.05) is 42.5 Å². The van der Waals surface area contributed by atoms with Crippen molar-refractivity contribution in [2.45, 2.75) is 11.8 Å². The van der Waals surface area contributed by atoms with E-state index in [9.17, 15) is 0 Å². The molecule has 1 aromatic heterocycles. The van der Waals surface area contributed by atoms with Gasteiger partial charge < -0.3 is 9.47 Å². The van der Waals surface area contributed by atoms with Gasteiger partial charge in [-0.1, -0.05) is 41.6 Å². The molecular weight excluding hydrogens is 408 g/mol. The van der Waals surface area contributed by atoms with Crippen LogP contribution in [0.4, 0.5) is 0 Å². The predicted molar refractivity (Wildman–Crippen MR) is 115 cm³/mol. The minimum atomic E-state index is 0.327. The second-order valence-electron chi connectivity index (χ2n) is 6.61. The topological polar surface area (TPSA) is 52.4 Å². The number of ether oxygens (including phenoxy) is 2. The second-order valence-corrected chi connectivity index (χ2v) is 8.11. The number of aromatic nitrogens is 3. The lowest BCUT2D eigenvalue weighted by atomic mass is 10.3. The van der Waals surface area contributed by atoms with Crippen LogP contribution in [0, 0.1) is 0 Å². The van der Waals surface area contributed by atoms with E-state index in [1.54, 1.807) is 11.8 Å². The van der Waals surface area contributed by atoms with Crippen molar-refractivity contribution in [3.8, 4) is 11.4 Å². The lowest BCUT2D eigenvalue weighted by molar-refractivity contribution is 0.0410. The van der Waals surface area contributed by atoms with Crippen LogP contribution in [0.25, 0.3) is 5.69 Å². The van der Waals surface area contributed by atoms with Crippen molar-refractivity contribution < 1.29 is 9.47 Å². The van der Waals surface area contributed by atoms with Gasteiger partial charge in [0.2, 0.25) is 0 Å². The van der Waals surface area contributed by atoms with Crippen molar-refractivity contribution in [2.75, 3.05) is 38.6 Å². The standard InChI is InChI=1S/C21H23ClN4O2S/c22-17-6-8-19(9-7-17)28-16-20-23-24-21(26(20)18-4-2-1-3-5-18)29-15-12-25-10-13-27-14-11-25/h1-9H,10-16H2. The monoisotopic (exact) mass is 430 g/mol. The summed E-state index contributed by atoms with van der Waals surface area (Å²) in [7, 11) is 0. The van der Waals surface area contributed by atoms with E-state index in [0.717, 1.165) is 61.0 Å². The summed E-state index contributed by atoms with van der Waals surface area (Å²) in [5.41, 5.74) is 1.03. The third kappa shape index (κ3) is 5.51. The summed E-state index contributed by atoms with van der Waals surface area (Å²) in [6.45, 7) is 4.95. The summed E-state index contributed by atoms with van der Waals surface area (Å²) in [4.78, 5) is 2.42. The Balaban J connectivity index is 1.46. The molecule has 0 radical (unpaired) electrons. The van der Waals surface area contributed by atoms with E-state index in [0.29, 0.717) is 11.6 Å². The SMILES string of the molecule is Clc1ccc(OCc2nnc(SCCN3CCOCC3)n2-c2ccccc2)cc1. The molecule has 0 atom stereocenters. The van der Waals surface area contributed by atoms with Crippen LogP contribution < -0.4 is 4.74 Å². The highest BCUT2D eigenvalue weighted by molar-refractivity contribution is 7.99. The summed E-state index contributed by atoms with van der Waals surface area (Å²) in [6.07, 6.45) is 0. The van der Waals surface area contributed by atoms with Gasteiger partial charge in [-0.05, 0) is 36.4 Å². The molecule has 0 spiro atoms. The van der Waals surface area contributed by atoms with Gasteiger partial charge in [-0.25, -0.2) is 0 Å². The zero-order chi connectivity index (χ0) is 19.9. The fraction of sp³-hybridized carbons (Fsp3) is 0.333. The lowest BCUT2D eigenvalue weighted by Gasteiger charge is -2.26. The van der Waals surface area contributed by atoms with Gasteiger partial charge in [0.15, 0.2) is 11.0 Å². The molecule has 0 saturated carbocycles. The zero-order valence-corrected chi connectivity index (χ0v) is 17.6. The number of rotatable bonds is 8. The summed E-state index contributed by atoms with van der Waals surface area (Å²) < 4.78 is 13.4. The Morgan fingerprint density at radius 2 is 1.76 bits per heavy atom. The molecule has 1 fully saturated rings. The fourth-order valence-electron chi connectivity index (χ4n) is 3.09. The highest BCUT2D eigenvalue weighted by atomic mass is 35.5. The average Bonchev–Trinajstić information content (AvgIpc) is 3.17. The molecule has 1 saturated heterocycles. The minimum absolute atomic E-state index is 0.327. The van der Waals surface area contributed by atoms with Crippen LogP contribution in [0.1, 0.15) is 5.82 Å². The molecule has 0 amide bonds. The summed E-state index contributed by atoms with van der Waals surface area (Å²) in [5.74, 6) is 2.46. The third-order valence-corrected chi connectivity index (χ3v) is 5.80. The maximum Gasteiger partial charge on any atom is 0.195 e. The Kier molecular flexibility index (Phi) is 7.05. The third-order valence-electron chi connectivity index (χ3n) is 4.64. The molecule has 0 aliphatic carbocycles. The number of benzene rings is 2. The van der Waals surface area contributed by atoms with Gasteiger partial charge in [0.25, 0.3) is 0 Å². The van der Waals surface area contributed by atoms with E-state index in [2.05, 4.69) is 31.8 Å². The van der Waals surface area contributed by atoms with Crippen LogP contribution in [-0.4, -0.2) is 58.3 Å². The molecule has 152 valence electrons. The van der Waals surface area contributed by atoms with Gasteiger partial charge in [-0.15, -0.1) is 10.2 Å². The Bertz CT molecular complexity index is 899. The van der Waals surface area contributed by atoms with Crippen molar-refractivity contribution in [2.24, 2.45) is 0 Å². The molecule has 0 N–H and O–H groups in total. The van der Waals surface area contributed by atoms with E-state index in [-0.39, 0.29) is 0 Å². The molecule has 2 aromatic carbocycles. The number of morpholine rings is 1. The molecule has 1 aliphatic rings. The van der Waals surface area contributed by atoms with Gasteiger partial charge >= 0.3 is 0 Å². The fourth-order valence-corrected chi connectivity index (χ4v) is 4.19. The molecule has 4 rings (SSSR count). The van der Waals surface area contributed by atoms with Crippen LogP contribution in [-0.2, 0) is 11.3 Å². The Hall–Kier alpha value is -2.06. The average molecular weight is 431 g/mol. The summed E-state index contributed by atoms with van der Waals surface area (Å²) in [5, 5.41) is 10.4. The Morgan fingerprint density at radius 1 is 1.00 bits per heavy atom. The number of thioether (sulfide) groups is 1. The van der Waals surface area contributed by atoms with Crippen LogP contribution in [0.15, 0.2) is 59.8 Å². The van der Waals surface area contributed by atoms with Crippen LogP contribution >= 0.6 is 23.4 Å². The van der Waals surface area contributed by atoms with Gasteiger partial charge in [-0.3, -0.25) is 9.47 Å². The Morgan fingerprint density at radius 3 is 2.52 bits per heavy atom. The van der Waals surface area contributed by atoms with E-state index >= 15 is 0 Å². The molecule has 0 bridgehead atoms. The second kappa shape index (κ2) is 10.1. The molecule has 2 heterocycles. The normalized spacial score (nSPS) is 14.8. The van der Waals surface area contributed by atoms with Gasteiger partial charge in [0.05, 0.1) is 13.2 Å². The van der Waals surface area contributed by atoms with Crippen LogP contribution in [0.5, 0.6) is 5.75 Å². The molecule has 8 heteroatoms. The summed E-state index contributed by atoms with van der Waals surface area (Å²) in [6, 6.07) is 17.5. The molecule has 1 aliphatic heterocycles. The first-order chi connectivity index (χ1) is 14.3. The quantitative estimate of drug-likeness (QED) is 0.505. The molecule has 29 heavy (non-hydrogen) atoms. The highest BCUT2D eigenvalue weighted by Crippen LogP contribution is 2.23. The van der Waals surface area contributed by atoms with Gasteiger partial charge in [0, 0.05) is 36.1 Å². The van der Waals surface area contributed by atoms with Crippen molar-refractivity contribution in [1.82, 2.24) is 19.7 Å². The zero-order valence-electron chi connectivity index (χ0n) is 16.0. The molecule has 6 nitrogen and oxygen atoms in total. The highest BCUT2D eigenvalue weighted by Gasteiger charge is 2.16. The molecule has 3 aromatic rings. The van der Waals surface area contributed by atoms with Crippen LogP contribution in [0.2, 0.25) is 5.02 Å². The lowest BCUT2D eigenvalue weighted by Crippen LogP contribution is -2.37. The predicted octanol–water partition coefficient (Wildman–Crippen LogP) is 3.92. The van der Waals surface area contributed by atoms with E-state index < -0.39 is 0 Å². The van der Waals surface area contributed by atoms with Gasteiger partial charge in [0.1, 0.15) is 12.4 Å². The van der Waals surface area contributed by atoms with Crippen LogP contribution in [0.3, 0.4) is 0 Å². The molecule has 0 unspecified atom stereocenters. The maximum absolute atomic E-state index is 5.95. The summed E-state index contributed by atoms with van der Waals surface area (Å²) >= 11 is 7.66. The largest absolute Gasteiger partial charge is 0.486 e. The van der Waals surface area contributed by atoms with E-state index in [4.69, 9.17) is 21.1 Å². The first kappa shape index (κ1) is 20.2. The minimum Gasteiger partial charge on any atom is -0.486 e. The maximum atomic E-state index is 5.95. The number of halogens is 1. The van der Waals surface area contributed by atoms with Crippen molar-refractivity contribution in [3.63, 3.8) is 0 Å². The smallest absolute Gasteiger partial charge is 0.195 e. The van der Waals surface area contributed by atoms with E-state index in [1.165, 1.54) is 0 Å². The number of hydrogen-bond donors (Lipinski definition) is 0. The molecular formula is C21H23ClN4O2S. The first-order valence-corrected chi connectivity index (χ1v) is 11.0. The number of para-hydroxylation sites is 1. The first-order valence-electron chi connectivity index (χ1n) is 9.60.